The van der Waals surface area contributed by atoms with E-state index in [9.17, 15) is 4.79 Å². The van der Waals surface area contributed by atoms with Crippen molar-refractivity contribution in [1.29, 1.82) is 0 Å². The van der Waals surface area contributed by atoms with Crippen LogP contribution in [0.5, 0.6) is 0 Å². The van der Waals surface area contributed by atoms with E-state index < -0.39 is 6.09 Å². The minimum absolute atomic E-state index is 0.401. The molecule has 1 rings (SSSR count). The summed E-state index contributed by atoms with van der Waals surface area (Å²) in [6, 6.07) is 9.61. The molecule has 4 nitrogen and oxygen atoms in total. The van der Waals surface area contributed by atoms with Crippen molar-refractivity contribution in [2.24, 2.45) is 0 Å². The summed E-state index contributed by atoms with van der Waals surface area (Å²) < 4.78 is 0. The Morgan fingerprint density at radius 2 is 1.75 bits per heavy atom. The third kappa shape index (κ3) is 3.24. The first-order valence-electron chi connectivity index (χ1n) is 5.48. The van der Waals surface area contributed by atoms with Gasteiger partial charge in [0.2, 0.25) is 0 Å². The molecule has 0 saturated heterocycles. The molecule has 4 heteroatoms. The van der Waals surface area contributed by atoms with Gasteiger partial charge in [-0.2, -0.15) is 0 Å². The van der Waals surface area contributed by atoms with Gasteiger partial charge in [-0.25, -0.2) is 14.8 Å². The van der Waals surface area contributed by atoms with Crippen LogP contribution in [0, 0.1) is 0 Å². The van der Waals surface area contributed by atoms with Gasteiger partial charge in [-0.3, -0.25) is 0 Å². The van der Waals surface area contributed by atoms with Crippen molar-refractivity contribution in [3.8, 4) is 0 Å². The lowest BCUT2D eigenvalue weighted by molar-refractivity contribution is -0.00810. The van der Waals surface area contributed by atoms with E-state index >= 15 is 0 Å². The zero-order valence-corrected chi connectivity index (χ0v) is 9.76. The highest BCUT2D eigenvalue weighted by Gasteiger charge is 2.17. The van der Waals surface area contributed by atoms with Crippen molar-refractivity contribution >= 4 is 6.09 Å². The third-order valence-electron chi connectivity index (χ3n) is 2.47. The maximum absolute atomic E-state index is 11.1. The number of nitrogens with zero attached hydrogens (tertiary/aromatic N) is 2. The van der Waals surface area contributed by atoms with Crippen molar-refractivity contribution in [3.05, 3.63) is 35.9 Å². The minimum Gasteiger partial charge on any atom is -0.464 e. The third-order valence-corrected chi connectivity index (χ3v) is 2.47. The zero-order valence-electron chi connectivity index (χ0n) is 9.76. The van der Waals surface area contributed by atoms with E-state index in [0.717, 1.165) is 5.56 Å². The average molecular weight is 222 g/mol. The maximum atomic E-state index is 11.1. The Morgan fingerprint density at radius 1 is 1.19 bits per heavy atom. The maximum Gasteiger partial charge on any atom is 0.422 e. The van der Waals surface area contributed by atoms with Crippen molar-refractivity contribution in [3.63, 3.8) is 0 Å². The van der Waals surface area contributed by atoms with E-state index in [2.05, 4.69) is 0 Å². The molecule has 16 heavy (non-hydrogen) atoms. The number of hydrogen-bond acceptors (Lipinski definition) is 2. The molecule has 0 aliphatic rings. The molecule has 1 amide bonds. The summed E-state index contributed by atoms with van der Waals surface area (Å²) in [5, 5.41) is 12.3. The van der Waals surface area contributed by atoms with E-state index in [0.29, 0.717) is 19.6 Å². The summed E-state index contributed by atoms with van der Waals surface area (Å²) in [5.74, 6) is 0. The van der Waals surface area contributed by atoms with Gasteiger partial charge in [-0.1, -0.05) is 44.2 Å². The number of hydrogen-bond donors (Lipinski definition) is 1. The number of carbonyl (C=O) groups is 1. The van der Waals surface area contributed by atoms with E-state index in [1.807, 2.05) is 44.2 Å². The largest absolute Gasteiger partial charge is 0.464 e. The van der Waals surface area contributed by atoms with Gasteiger partial charge in [-0.15, -0.1) is 0 Å². The zero-order chi connectivity index (χ0) is 12.0. The summed E-state index contributed by atoms with van der Waals surface area (Å²) in [6.45, 7) is 5.68. The Bertz CT molecular complexity index is 323. The van der Waals surface area contributed by atoms with Crippen LogP contribution >= 0.6 is 0 Å². The highest BCUT2D eigenvalue weighted by molar-refractivity contribution is 5.64. The number of rotatable bonds is 5. The Hall–Kier alpha value is -1.55. The van der Waals surface area contributed by atoms with Gasteiger partial charge in [0.05, 0.1) is 6.54 Å². The van der Waals surface area contributed by atoms with E-state index in [-0.39, 0.29) is 0 Å². The number of hydrazine groups is 1. The summed E-state index contributed by atoms with van der Waals surface area (Å²) in [4.78, 5) is 11.1. The minimum atomic E-state index is -0.910. The van der Waals surface area contributed by atoms with Crippen molar-refractivity contribution < 1.29 is 9.90 Å². The molecular weight excluding hydrogens is 204 g/mol. The van der Waals surface area contributed by atoms with Crippen LogP contribution in [0.1, 0.15) is 19.4 Å². The molecule has 0 fully saturated rings. The van der Waals surface area contributed by atoms with Crippen molar-refractivity contribution in [2.75, 3.05) is 13.1 Å². The molecule has 0 saturated carbocycles. The Balaban J connectivity index is 2.76. The van der Waals surface area contributed by atoms with Crippen LogP contribution in [-0.4, -0.2) is 34.3 Å². The van der Waals surface area contributed by atoms with Gasteiger partial charge in [0.25, 0.3) is 0 Å². The van der Waals surface area contributed by atoms with Crippen molar-refractivity contribution in [1.82, 2.24) is 10.0 Å². The topological polar surface area (TPSA) is 43.8 Å². The first-order valence-corrected chi connectivity index (χ1v) is 5.48. The molecule has 1 N–H and O–H groups in total. The van der Waals surface area contributed by atoms with Crippen LogP contribution in [-0.2, 0) is 6.54 Å². The average Bonchev–Trinajstić information content (AvgIpc) is 2.30. The van der Waals surface area contributed by atoms with Crippen LogP contribution in [0.3, 0.4) is 0 Å². The summed E-state index contributed by atoms with van der Waals surface area (Å²) in [6.07, 6.45) is -0.910. The van der Waals surface area contributed by atoms with Crippen LogP contribution < -0.4 is 0 Å². The molecule has 88 valence electrons. The molecule has 0 heterocycles. The monoisotopic (exact) mass is 222 g/mol. The van der Waals surface area contributed by atoms with Crippen LogP contribution in [0.25, 0.3) is 0 Å². The lowest BCUT2D eigenvalue weighted by Crippen LogP contribution is -2.45. The van der Waals surface area contributed by atoms with E-state index in [4.69, 9.17) is 5.11 Å². The Labute approximate surface area is 96.1 Å². The lowest BCUT2D eigenvalue weighted by atomic mass is 10.2. The fourth-order valence-corrected chi connectivity index (χ4v) is 1.61. The second-order valence-electron chi connectivity index (χ2n) is 3.46. The van der Waals surface area contributed by atoms with E-state index in [1.54, 1.807) is 5.01 Å². The van der Waals surface area contributed by atoms with Crippen LogP contribution in [0.2, 0.25) is 0 Å². The number of amides is 1. The molecular formula is C12H18N2O2. The molecule has 0 aliphatic heterocycles. The SMILES string of the molecule is CCN(CC)N(Cc1ccccc1)C(=O)O. The highest BCUT2D eigenvalue weighted by Crippen LogP contribution is 2.07. The van der Waals surface area contributed by atoms with Gasteiger partial charge in [0.15, 0.2) is 0 Å². The highest BCUT2D eigenvalue weighted by atomic mass is 16.4. The molecule has 0 spiro atoms. The van der Waals surface area contributed by atoms with E-state index in [1.165, 1.54) is 5.01 Å². The summed E-state index contributed by atoms with van der Waals surface area (Å²) >= 11 is 0. The van der Waals surface area contributed by atoms with Gasteiger partial charge in [-0.05, 0) is 5.56 Å². The fraction of sp³-hybridized carbons (Fsp3) is 0.417. The van der Waals surface area contributed by atoms with Gasteiger partial charge < -0.3 is 5.11 Å². The summed E-state index contributed by atoms with van der Waals surface area (Å²) in [5.41, 5.74) is 0.997. The standard InChI is InChI=1S/C12H18N2O2/c1-3-13(4-2)14(12(15)16)10-11-8-6-5-7-9-11/h5-9H,3-4,10H2,1-2H3,(H,15,16). The second-order valence-corrected chi connectivity index (χ2v) is 3.46. The Morgan fingerprint density at radius 3 is 2.19 bits per heavy atom. The predicted octanol–water partition coefficient (Wildman–Crippen LogP) is 2.42. The molecule has 0 atom stereocenters. The quantitative estimate of drug-likeness (QED) is 0.778. The molecule has 0 aliphatic carbocycles. The molecule has 1 aromatic rings. The van der Waals surface area contributed by atoms with Crippen LogP contribution in [0.15, 0.2) is 30.3 Å². The molecule has 0 bridgehead atoms. The first kappa shape index (κ1) is 12.5. The second kappa shape index (κ2) is 6.12. The molecule has 0 aromatic heterocycles. The molecule has 0 radical (unpaired) electrons. The van der Waals surface area contributed by atoms with Gasteiger partial charge in [0, 0.05) is 13.1 Å². The van der Waals surface area contributed by atoms with Crippen molar-refractivity contribution in [2.45, 2.75) is 20.4 Å². The lowest BCUT2D eigenvalue weighted by Gasteiger charge is -2.30. The summed E-state index contributed by atoms with van der Waals surface area (Å²) in [7, 11) is 0. The predicted molar refractivity (Wildman–Crippen MR) is 62.9 cm³/mol. The molecule has 0 unspecified atom stereocenters. The smallest absolute Gasteiger partial charge is 0.422 e. The Kier molecular flexibility index (Phi) is 4.79. The van der Waals surface area contributed by atoms with Gasteiger partial charge >= 0.3 is 6.09 Å². The van der Waals surface area contributed by atoms with Gasteiger partial charge in [0.1, 0.15) is 0 Å². The normalized spacial score (nSPS) is 10.4. The first-order chi connectivity index (χ1) is 7.69. The molecule has 1 aromatic carbocycles. The van der Waals surface area contributed by atoms with Crippen LogP contribution in [0.4, 0.5) is 4.79 Å². The number of carboxylic acid groups (broad SMARTS) is 1. The number of benzene rings is 1. The fourth-order valence-electron chi connectivity index (χ4n) is 1.61.